The van der Waals surface area contributed by atoms with Crippen LogP contribution in [0.4, 0.5) is 0 Å². The van der Waals surface area contributed by atoms with E-state index < -0.39 is 11.9 Å². The van der Waals surface area contributed by atoms with Crippen molar-refractivity contribution < 1.29 is 24.2 Å². The maximum absolute atomic E-state index is 10.7. The zero-order valence-electron chi connectivity index (χ0n) is 7.45. The average Bonchev–Trinajstić information content (AvgIpc) is 2.65. The van der Waals surface area contributed by atoms with Gasteiger partial charge in [0.15, 0.2) is 0 Å². The van der Waals surface area contributed by atoms with Gasteiger partial charge in [0, 0.05) is 12.1 Å². The second kappa shape index (κ2) is 3.41. The van der Waals surface area contributed by atoms with Gasteiger partial charge in [0.2, 0.25) is 11.9 Å². The molecule has 1 N–H and O–H groups in total. The zero-order chi connectivity index (χ0) is 10.8. The van der Waals surface area contributed by atoms with Gasteiger partial charge in [0.1, 0.15) is 5.95 Å². The van der Waals surface area contributed by atoms with E-state index in [2.05, 4.69) is 9.79 Å². The van der Waals surface area contributed by atoms with E-state index >= 15 is 0 Å². The summed E-state index contributed by atoms with van der Waals surface area (Å²) in [4.78, 5) is 10.6. The Hall–Kier alpha value is -2.37. The van der Waals surface area contributed by atoms with Crippen molar-refractivity contribution in [1.29, 1.82) is 0 Å². The Morgan fingerprint density at radius 1 is 1.40 bits per heavy atom. The molecule has 76 valence electrons. The van der Waals surface area contributed by atoms with Crippen LogP contribution >= 0.6 is 0 Å². The van der Waals surface area contributed by atoms with E-state index in [0.717, 1.165) is 6.20 Å². The number of carbonyl (C=O) groups is 1. The summed E-state index contributed by atoms with van der Waals surface area (Å²) in [7, 11) is 0. The molecule has 6 nitrogen and oxygen atoms in total. The summed E-state index contributed by atoms with van der Waals surface area (Å²) in [6.45, 7) is 0. The summed E-state index contributed by atoms with van der Waals surface area (Å²) in [6, 6.07) is 5.91. The molecule has 0 saturated carbocycles. The van der Waals surface area contributed by atoms with E-state index in [0.29, 0.717) is 5.69 Å². The Bertz CT molecular complexity index is 489. The lowest BCUT2D eigenvalue weighted by Crippen LogP contribution is -2.31. The molecule has 0 unspecified atom stereocenters. The molecule has 0 bridgehead atoms. The summed E-state index contributed by atoms with van der Waals surface area (Å²) in [6.07, 6.45) is 1.16. The van der Waals surface area contributed by atoms with Crippen molar-refractivity contribution in [2.45, 2.75) is 0 Å². The molecule has 0 radical (unpaired) electrons. The van der Waals surface area contributed by atoms with Crippen molar-refractivity contribution in [2.75, 3.05) is 0 Å². The van der Waals surface area contributed by atoms with Crippen LogP contribution in [0.1, 0.15) is 10.4 Å². The molecule has 2 aromatic rings. The molecule has 15 heavy (non-hydrogen) atoms. The summed E-state index contributed by atoms with van der Waals surface area (Å²) in [5, 5.41) is 22.8. The van der Waals surface area contributed by atoms with Gasteiger partial charge in [-0.3, -0.25) is 0 Å². The lowest BCUT2D eigenvalue weighted by atomic mass is 10.2. The van der Waals surface area contributed by atoms with Crippen molar-refractivity contribution in [3.63, 3.8) is 0 Å². The van der Waals surface area contributed by atoms with Gasteiger partial charge in [-0.05, 0) is 16.8 Å². The van der Waals surface area contributed by atoms with Gasteiger partial charge in [0.25, 0.3) is 0 Å². The monoisotopic (exact) mass is 206 g/mol. The molecule has 0 aliphatic heterocycles. The van der Waals surface area contributed by atoms with Crippen LogP contribution < -0.4 is 9.79 Å². The van der Waals surface area contributed by atoms with Crippen LogP contribution in [-0.4, -0.2) is 16.3 Å². The first-order valence-corrected chi connectivity index (χ1v) is 4.06. The summed E-state index contributed by atoms with van der Waals surface area (Å²) in [5.41, 5.74) is 0.732. The summed E-state index contributed by atoms with van der Waals surface area (Å²) < 4.78 is 5.57. The fourth-order valence-corrected chi connectivity index (χ4v) is 1.11. The van der Waals surface area contributed by atoms with Gasteiger partial charge in [0.05, 0.1) is 10.8 Å². The van der Waals surface area contributed by atoms with Gasteiger partial charge in [-0.1, -0.05) is 0 Å². The van der Waals surface area contributed by atoms with Crippen molar-refractivity contribution in [3.8, 4) is 11.6 Å². The maximum atomic E-state index is 10.7. The van der Waals surface area contributed by atoms with Gasteiger partial charge in [-0.25, -0.2) is 4.79 Å². The minimum atomic E-state index is -1.00. The molecule has 1 aromatic carbocycles. The normalized spacial score (nSPS) is 10.1. The van der Waals surface area contributed by atoms with Crippen LogP contribution in [0.15, 0.2) is 35.0 Å². The van der Waals surface area contributed by atoms with Crippen LogP contribution in [0.5, 0.6) is 5.95 Å². The molecule has 1 heterocycles. The molecule has 0 saturated heterocycles. The Labute approximate surface area is 84.0 Å². The Kier molecular flexibility index (Phi) is 2.09. The second-order valence-electron chi connectivity index (χ2n) is 2.82. The Balaban J connectivity index is 2.35. The highest BCUT2D eigenvalue weighted by atomic mass is 16.6. The smallest absolute Gasteiger partial charge is 0.335 e. The standard InChI is InChI=1S/C9H6N2O4/c12-8-5-11(10-15-8)7-3-1-6(2-4-7)9(13)14/h1-5H,(H-,10,12,13,14). The minimum Gasteiger partial charge on any atom is -0.539 e. The molecule has 0 fully saturated rings. The molecule has 2 rings (SSSR count). The topological polar surface area (TPSA) is 90.3 Å². The van der Waals surface area contributed by atoms with Gasteiger partial charge in [-0.2, -0.15) is 0 Å². The lowest BCUT2D eigenvalue weighted by molar-refractivity contribution is -0.670. The SMILES string of the molecule is O=C(O)c1ccc(-[n+]2cc([O-])on2)cc1. The highest BCUT2D eigenvalue weighted by molar-refractivity contribution is 5.87. The molecular weight excluding hydrogens is 200 g/mol. The molecule has 0 atom stereocenters. The number of aromatic carboxylic acids is 1. The van der Waals surface area contributed by atoms with Crippen LogP contribution in [-0.2, 0) is 0 Å². The number of hydrogen-bond donors (Lipinski definition) is 1. The van der Waals surface area contributed by atoms with Crippen LogP contribution in [0.3, 0.4) is 0 Å². The zero-order valence-corrected chi connectivity index (χ0v) is 7.45. The Morgan fingerprint density at radius 2 is 2.07 bits per heavy atom. The largest absolute Gasteiger partial charge is 0.539 e. The number of rotatable bonds is 2. The maximum Gasteiger partial charge on any atom is 0.335 e. The first-order chi connectivity index (χ1) is 7.16. The van der Waals surface area contributed by atoms with E-state index in [1.165, 1.54) is 28.9 Å². The predicted molar refractivity (Wildman–Crippen MR) is 44.4 cm³/mol. The van der Waals surface area contributed by atoms with Crippen LogP contribution in [0.25, 0.3) is 5.69 Å². The third-order valence-corrected chi connectivity index (χ3v) is 1.83. The summed E-state index contributed by atoms with van der Waals surface area (Å²) in [5.74, 6) is -1.56. The summed E-state index contributed by atoms with van der Waals surface area (Å²) >= 11 is 0. The quantitative estimate of drug-likeness (QED) is 0.682. The molecule has 1 aromatic heterocycles. The molecular formula is C9H6N2O4. The van der Waals surface area contributed by atoms with Crippen molar-refractivity contribution in [2.24, 2.45) is 0 Å². The van der Waals surface area contributed by atoms with Crippen molar-refractivity contribution in [3.05, 3.63) is 36.0 Å². The number of carboxylic acids is 1. The first kappa shape index (κ1) is 9.20. The number of hydrogen-bond acceptors (Lipinski definition) is 4. The van der Waals surface area contributed by atoms with E-state index in [1.54, 1.807) is 0 Å². The Morgan fingerprint density at radius 3 is 2.53 bits per heavy atom. The van der Waals surface area contributed by atoms with Crippen molar-refractivity contribution in [1.82, 2.24) is 5.27 Å². The lowest BCUT2D eigenvalue weighted by Gasteiger charge is -1.92. The number of nitrogens with zero attached hydrogens (tertiary/aromatic N) is 2. The van der Waals surface area contributed by atoms with Crippen LogP contribution in [0.2, 0.25) is 0 Å². The third-order valence-electron chi connectivity index (χ3n) is 1.83. The number of carboxylic acid groups (broad SMARTS) is 1. The molecule has 0 amide bonds. The second-order valence-corrected chi connectivity index (χ2v) is 2.82. The molecule has 0 aliphatic carbocycles. The van der Waals surface area contributed by atoms with Crippen molar-refractivity contribution >= 4 is 5.97 Å². The first-order valence-electron chi connectivity index (χ1n) is 4.06. The van der Waals surface area contributed by atoms with E-state index in [-0.39, 0.29) is 5.56 Å². The fraction of sp³-hybridized carbons (Fsp3) is 0. The minimum absolute atomic E-state index is 0.171. The fourth-order valence-electron chi connectivity index (χ4n) is 1.11. The van der Waals surface area contributed by atoms with E-state index in [1.807, 2.05) is 0 Å². The highest BCUT2D eigenvalue weighted by Gasteiger charge is 2.10. The number of benzene rings is 1. The van der Waals surface area contributed by atoms with Gasteiger partial charge >= 0.3 is 5.97 Å². The van der Waals surface area contributed by atoms with E-state index in [4.69, 9.17) is 5.11 Å². The third kappa shape index (κ3) is 1.78. The highest BCUT2D eigenvalue weighted by Crippen LogP contribution is 2.05. The number of aromatic nitrogens is 2. The van der Waals surface area contributed by atoms with E-state index in [9.17, 15) is 9.90 Å². The average molecular weight is 206 g/mol. The van der Waals surface area contributed by atoms with Gasteiger partial charge in [-0.15, -0.1) is 0 Å². The molecule has 0 spiro atoms. The molecule has 6 heteroatoms. The van der Waals surface area contributed by atoms with Crippen LogP contribution in [0, 0.1) is 0 Å². The predicted octanol–water partition coefficient (Wildman–Crippen LogP) is -0.277. The van der Waals surface area contributed by atoms with Gasteiger partial charge < -0.3 is 14.7 Å². The molecule has 0 aliphatic rings.